The van der Waals surface area contributed by atoms with Gasteiger partial charge in [0.2, 0.25) is 0 Å². The van der Waals surface area contributed by atoms with E-state index in [1.54, 1.807) is 7.11 Å². The molecule has 2 atom stereocenters. The number of rotatable bonds is 9. The predicted molar refractivity (Wildman–Crippen MR) is 73.1 cm³/mol. The Morgan fingerprint density at radius 1 is 1.32 bits per heavy atom. The summed E-state index contributed by atoms with van der Waals surface area (Å²) in [5.41, 5.74) is 0. The van der Waals surface area contributed by atoms with E-state index < -0.39 is 11.9 Å². The van der Waals surface area contributed by atoms with Gasteiger partial charge in [0, 0.05) is 13.7 Å². The summed E-state index contributed by atoms with van der Waals surface area (Å²) in [6.45, 7) is 6.45. The first-order valence-electron chi connectivity index (χ1n) is 6.66. The van der Waals surface area contributed by atoms with Gasteiger partial charge in [-0.2, -0.15) is 0 Å². The van der Waals surface area contributed by atoms with Gasteiger partial charge >= 0.3 is 12.0 Å². The average molecular weight is 274 g/mol. The molecule has 0 saturated heterocycles. The average Bonchev–Trinajstić information content (AvgIpc) is 2.33. The van der Waals surface area contributed by atoms with Crippen molar-refractivity contribution < 1.29 is 19.4 Å². The van der Waals surface area contributed by atoms with Gasteiger partial charge in [-0.15, -0.1) is 0 Å². The Balaban J connectivity index is 4.13. The molecule has 2 unspecified atom stereocenters. The van der Waals surface area contributed by atoms with Crippen molar-refractivity contribution in [3.63, 3.8) is 0 Å². The molecule has 0 radical (unpaired) electrons. The topological polar surface area (TPSA) is 87.7 Å². The fourth-order valence-corrected chi connectivity index (χ4v) is 1.76. The first-order chi connectivity index (χ1) is 8.90. The molecule has 0 rings (SSSR count). The van der Waals surface area contributed by atoms with Gasteiger partial charge in [-0.05, 0) is 18.8 Å². The van der Waals surface area contributed by atoms with Crippen LogP contribution in [0.1, 0.15) is 33.6 Å². The molecule has 3 N–H and O–H groups in total. The second-order valence-electron chi connectivity index (χ2n) is 5.08. The highest BCUT2D eigenvalue weighted by molar-refractivity contribution is 5.76. The molecule has 0 saturated carbocycles. The van der Waals surface area contributed by atoms with E-state index in [0.717, 1.165) is 6.42 Å². The summed E-state index contributed by atoms with van der Waals surface area (Å²) < 4.78 is 4.98. The maximum atomic E-state index is 11.6. The summed E-state index contributed by atoms with van der Waals surface area (Å²) in [5, 5.41) is 14.4. The van der Waals surface area contributed by atoms with Gasteiger partial charge in [-0.25, -0.2) is 4.79 Å². The SMILES string of the molecule is CCC(COC)NC(=O)NCC(CC(C)C)C(=O)O. The van der Waals surface area contributed by atoms with Gasteiger partial charge in [0.1, 0.15) is 0 Å². The van der Waals surface area contributed by atoms with E-state index in [1.807, 2.05) is 20.8 Å². The Hall–Kier alpha value is -1.30. The number of ether oxygens (including phenoxy) is 1. The zero-order chi connectivity index (χ0) is 14.8. The van der Waals surface area contributed by atoms with Crippen LogP contribution in [0.3, 0.4) is 0 Å². The summed E-state index contributed by atoms with van der Waals surface area (Å²) >= 11 is 0. The summed E-state index contributed by atoms with van der Waals surface area (Å²) in [4.78, 5) is 22.7. The summed E-state index contributed by atoms with van der Waals surface area (Å²) in [5.74, 6) is -1.14. The molecule has 0 aliphatic rings. The number of carboxylic acids is 1. The Morgan fingerprint density at radius 2 is 1.95 bits per heavy atom. The number of carbonyl (C=O) groups excluding carboxylic acids is 1. The van der Waals surface area contributed by atoms with Crippen molar-refractivity contribution in [3.8, 4) is 0 Å². The van der Waals surface area contributed by atoms with Crippen LogP contribution in [0.2, 0.25) is 0 Å². The molecule has 0 fully saturated rings. The Labute approximate surface area is 114 Å². The number of carboxylic acid groups (broad SMARTS) is 1. The standard InChI is InChI=1S/C13H26N2O4/c1-5-11(8-19-4)15-13(18)14-7-10(12(16)17)6-9(2)3/h9-11H,5-8H2,1-4H3,(H,16,17)(H2,14,15,18). The number of methoxy groups -OCH3 is 1. The maximum Gasteiger partial charge on any atom is 0.315 e. The van der Waals surface area contributed by atoms with Crippen LogP contribution in [-0.2, 0) is 9.53 Å². The molecule has 2 amide bonds. The molecule has 0 heterocycles. The van der Waals surface area contributed by atoms with Crippen molar-refractivity contribution in [1.82, 2.24) is 10.6 Å². The number of hydrogen-bond donors (Lipinski definition) is 3. The van der Waals surface area contributed by atoms with Crippen LogP contribution in [0.4, 0.5) is 4.79 Å². The minimum absolute atomic E-state index is 0.0571. The minimum Gasteiger partial charge on any atom is -0.481 e. The van der Waals surface area contributed by atoms with Crippen LogP contribution < -0.4 is 10.6 Å². The lowest BCUT2D eigenvalue weighted by Crippen LogP contribution is -2.46. The third-order valence-corrected chi connectivity index (χ3v) is 2.81. The largest absolute Gasteiger partial charge is 0.481 e. The van der Waals surface area contributed by atoms with E-state index in [-0.39, 0.29) is 24.5 Å². The zero-order valence-corrected chi connectivity index (χ0v) is 12.2. The third-order valence-electron chi connectivity index (χ3n) is 2.81. The molecule has 19 heavy (non-hydrogen) atoms. The highest BCUT2D eigenvalue weighted by Crippen LogP contribution is 2.10. The van der Waals surface area contributed by atoms with Gasteiger partial charge in [-0.1, -0.05) is 20.8 Å². The highest BCUT2D eigenvalue weighted by Gasteiger charge is 2.20. The molecule has 0 aromatic rings. The lowest BCUT2D eigenvalue weighted by Gasteiger charge is -2.19. The molecule has 0 aromatic heterocycles. The normalized spacial score (nSPS) is 13.9. The van der Waals surface area contributed by atoms with Crippen molar-refractivity contribution >= 4 is 12.0 Å². The first-order valence-corrected chi connectivity index (χ1v) is 6.66. The second-order valence-corrected chi connectivity index (χ2v) is 5.08. The van der Waals surface area contributed by atoms with Gasteiger partial charge in [-0.3, -0.25) is 4.79 Å². The predicted octanol–water partition coefficient (Wildman–Crippen LogP) is 1.46. The first kappa shape index (κ1) is 17.7. The number of hydrogen-bond acceptors (Lipinski definition) is 3. The number of amides is 2. The minimum atomic E-state index is -0.877. The molecule has 6 nitrogen and oxygen atoms in total. The molecular formula is C13H26N2O4. The lowest BCUT2D eigenvalue weighted by molar-refractivity contribution is -0.142. The molecule has 0 aliphatic carbocycles. The van der Waals surface area contributed by atoms with Crippen LogP contribution in [-0.4, -0.2) is 43.4 Å². The van der Waals surface area contributed by atoms with Crippen LogP contribution in [0, 0.1) is 11.8 Å². The quantitative estimate of drug-likeness (QED) is 0.594. The van der Waals surface area contributed by atoms with Crippen LogP contribution in [0.15, 0.2) is 0 Å². The van der Waals surface area contributed by atoms with Crippen LogP contribution in [0.25, 0.3) is 0 Å². The number of urea groups is 1. The third kappa shape index (κ3) is 8.42. The molecule has 0 aliphatic heterocycles. The van der Waals surface area contributed by atoms with Crippen LogP contribution >= 0.6 is 0 Å². The van der Waals surface area contributed by atoms with Crippen molar-refractivity contribution in [2.75, 3.05) is 20.3 Å². The lowest BCUT2D eigenvalue weighted by atomic mass is 9.97. The molecule has 112 valence electrons. The second kappa shape index (κ2) is 9.61. The Bertz CT molecular complexity index is 282. The molecule has 0 spiro atoms. The fraction of sp³-hybridized carbons (Fsp3) is 0.846. The molecular weight excluding hydrogens is 248 g/mol. The van der Waals surface area contributed by atoms with Crippen LogP contribution in [0.5, 0.6) is 0 Å². The van der Waals surface area contributed by atoms with Gasteiger partial charge in [0.05, 0.1) is 18.6 Å². The van der Waals surface area contributed by atoms with Crippen molar-refractivity contribution in [1.29, 1.82) is 0 Å². The van der Waals surface area contributed by atoms with E-state index in [4.69, 9.17) is 9.84 Å². The number of nitrogens with one attached hydrogen (secondary N) is 2. The fourth-order valence-electron chi connectivity index (χ4n) is 1.76. The number of carbonyl (C=O) groups is 2. The van der Waals surface area contributed by atoms with Gasteiger partial charge in [0.15, 0.2) is 0 Å². The molecule has 6 heteroatoms. The van der Waals surface area contributed by atoms with Crippen molar-refractivity contribution in [2.24, 2.45) is 11.8 Å². The highest BCUT2D eigenvalue weighted by atomic mass is 16.5. The summed E-state index contributed by atoms with van der Waals surface area (Å²) in [7, 11) is 1.57. The summed E-state index contributed by atoms with van der Waals surface area (Å²) in [6.07, 6.45) is 1.31. The van der Waals surface area contributed by atoms with Gasteiger partial charge in [0.25, 0.3) is 0 Å². The Kier molecular flexibility index (Phi) is 8.95. The zero-order valence-electron chi connectivity index (χ0n) is 12.2. The van der Waals surface area contributed by atoms with E-state index >= 15 is 0 Å². The maximum absolute atomic E-state index is 11.6. The molecule has 0 aromatic carbocycles. The molecule has 0 bridgehead atoms. The van der Waals surface area contributed by atoms with Crippen molar-refractivity contribution in [3.05, 3.63) is 0 Å². The smallest absolute Gasteiger partial charge is 0.315 e. The van der Waals surface area contributed by atoms with E-state index in [9.17, 15) is 9.59 Å². The van der Waals surface area contributed by atoms with Crippen molar-refractivity contribution in [2.45, 2.75) is 39.7 Å². The summed E-state index contributed by atoms with van der Waals surface area (Å²) in [6, 6.07) is -0.405. The number of aliphatic carboxylic acids is 1. The Morgan fingerprint density at radius 3 is 2.37 bits per heavy atom. The van der Waals surface area contributed by atoms with Gasteiger partial charge < -0.3 is 20.5 Å². The monoisotopic (exact) mass is 274 g/mol. The van der Waals surface area contributed by atoms with E-state index in [2.05, 4.69) is 10.6 Å². The van der Waals surface area contributed by atoms with E-state index in [0.29, 0.717) is 13.0 Å². The van der Waals surface area contributed by atoms with E-state index in [1.165, 1.54) is 0 Å².